The quantitative estimate of drug-likeness (QED) is 0.543. The molecule has 9 nitrogen and oxygen atoms in total. The molecule has 0 bridgehead atoms. The topological polar surface area (TPSA) is 115 Å². The molecule has 138 valence electrons. The highest BCUT2D eigenvalue weighted by molar-refractivity contribution is 5.74. The van der Waals surface area contributed by atoms with Gasteiger partial charge in [0.15, 0.2) is 0 Å². The SMILES string of the molecule is Cc1ccc(Nc2nc(N3CC[NH+](C)CC3)nc(N)c2[N+](=O)[O-])cc1C. The van der Waals surface area contributed by atoms with E-state index in [9.17, 15) is 10.1 Å². The van der Waals surface area contributed by atoms with Crippen molar-refractivity contribution in [3.05, 3.63) is 39.4 Å². The Labute approximate surface area is 152 Å². The molecule has 0 radical (unpaired) electrons. The zero-order valence-electron chi connectivity index (χ0n) is 15.2. The lowest BCUT2D eigenvalue weighted by Crippen LogP contribution is -3.12. The molecule has 1 aliphatic heterocycles. The van der Waals surface area contributed by atoms with Crippen molar-refractivity contribution in [2.45, 2.75) is 13.8 Å². The van der Waals surface area contributed by atoms with Gasteiger partial charge < -0.3 is 20.9 Å². The summed E-state index contributed by atoms with van der Waals surface area (Å²) in [5.41, 5.74) is 8.56. The van der Waals surface area contributed by atoms with Crippen molar-refractivity contribution in [3.8, 4) is 0 Å². The molecule has 3 rings (SSSR count). The number of quaternary nitrogens is 1. The minimum atomic E-state index is -0.545. The average molecular weight is 358 g/mol. The number of rotatable bonds is 4. The highest BCUT2D eigenvalue weighted by Gasteiger charge is 2.27. The van der Waals surface area contributed by atoms with Gasteiger partial charge in [-0.2, -0.15) is 9.97 Å². The number of anilines is 4. The van der Waals surface area contributed by atoms with E-state index in [1.54, 1.807) is 0 Å². The third-order valence-corrected chi connectivity index (χ3v) is 4.75. The molecule has 1 aromatic heterocycles. The number of nitrogens with zero attached hydrogens (tertiary/aromatic N) is 4. The molecule has 1 aliphatic rings. The molecule has 2 heterocycles. The van der Waals surface area contributed by atoms with E-state index in [1.807, 2.05) is 36.9 Å². The Hall–Kier alpha value is -2.94. The van der Waals surface area contributed by atoms with Gasteiger partial charge in [-0.15, -0.1) is 0 Å². The number of nitrogens with one attached hydrogen (secondary N) is 2. The number of nitrogens with two attached hydrogens (primary N) is 1. The number of benzene rings is 1. The summed E-state index contributed by atoms with van der Waals surface area (Å²) in [6.07, 6.45) is 0. The minimum Gasteiger partial charge on any atom is -0.378 e. The lowest BCUT2D eigenvalue weighted by atomic mass is 10.1. The molecule has 0 aliphatic carbocycles. The van der Waals surface area contributed by atoms with Crippen LogP contribution in [0, 0.1) is 24.0 Å². The molecule has 0 amide bonds. The van der Waals surface area contributed by atoms with Crippen LogP contribution in [-0.2, 0) is 0 Å². The molecule has 1 aromatic carbocycles. The van der Waals surface area contributed by atoms with Crippen LogP contribution in [0.5, 0.6) is 0 Å². The first-order valence-electron chi connectivity index (χ1n) is 8.57. The average Bonchev–Trinajstić information content (AvgIpc) is 2.58. The maximum Gasteiger partial charge on any atom is 0.353 e. The van der Waals surface area contributed by atoms with Crippen molar-refractivity contribution in [2.75, 3.05) is 49.2 Å². The molecular weight excluding hydrogens is 334 g/mol. The Morgan fingerprint density at radius 1 is 1.23 bits per heavy atom. The smallest absolute Gasteiger partial charge is 0.353 e. The largest absolute Gasteiger partial charge is 0.378 e. The van der Waals surface area contributed by atoms with E-state index in [1.165, 1.54) is 4.90 Å². The monoisotopic (exact) mass is 358 g/mol. The number of aryl methyl sites for hydroxylation is 2. The summed E-state index contributed by atoms with van der Waals surface area (Å²) in [7, 11) is 2.13. The molecule has 9 heteroatoms. The molecule has 0 unspecified atom stereocenters. The molecule has 2 aromatic rings. The lowest BCUT2D eigenvalue weighted by molar-refractivity contribution is -0.880. The van der Waals surface area contributed by atoms with Crippen LogP contribution in [0.2, 0.25) is 0 Å². The lowest BCUT2D eigenvalue weighted by Gasteiger charge is -2.30. The van der Waals surface area contributed by atoms with Crippen molar-refractivity contribution < 1.29 is 9.82 Å². The molecule has 1 saturated heterocycles. The van der Waals surface area contributed by atoms with E-state index < -0.39 is 4.92 Å². The maximum atomic E-state index is 11.5. The Bertz CT molecular complexity index is 832. The first kappa shape index (κ1) is 17.9. The number of nitrogen functional groups attached to an aromatic ring is 1. The van der Waals surface area contributed by atoms with E-state index in [-0.39, 0.29) is 17.3 Å². The molecule has 26 heavy (non-hydrogen) atoms. The summed E-state index contributed by atoms with van der Waals surface area (Å²) in [5, 5.41) is 14.5. The molecule has 0 saturated carbocycles. The normalized spacial score (nSPS) is 15.1. The Kier molecular flexibility index (Phi) is 4.90. The first-order chi connectivity index (χ1) is 12.3. The van der Waals surface area contributed by atoms with Crippen LogP contribution in [0.25, 0.3) is 0 Å². The molecular formula is C17H24N7O2+. The predicted octanol–water partition coefficient (Wildman–Crippen LogP) is 0.662. The van der Waals surface area contributed by atoms with Gasteiger partial charge in [0.1, 0.15) is 0 Å². The third-order valence-electron chi connectivity index (χ3n) is 4.75. The second-order valence-electron chi connectivity index (χ2n) is 6.73. The van der Waals surface area contributed by atoms with E-state index >= 15 is 0 Å². The molecule has 4 N–H and O–H groups in total. The maximum absolute atomic E-state index is 11.5. The Morgan fingerprint density at radius 3 is 2.54 bits per heavy atom. The summed E-state index contributed by atoms with van der Waals surface area (Å²) in [6, 6.07) is 5.75. The van der Waals surface area contributed by atoms with Gasteiger partial charge in [0.05, 0.1) is 38.2 Å². The van der Waals surface area contributed by atoms with Gasteiger partial charge >= 0.3 is 5.69 Å². The fourth-order valence-corrected chi connectivity index (χ4v) is 2.91. The van der Waals surface area contributed by atoms with Gasteiger partial charge in [0, 0.05) is 5.69 Å². The van der Waals surface area contributed by atoms with Crippen LogP contribution in [0.1, 0.15) is 11.1 Å². The predicted molar refractivity (Wildman–Crippen MR) is 101 cm³/mol. The van der Waals surface area contributed by atoms with E-state index in [2.05, 4.69) is 22.3 Å². The Morgan fingerprint density at radius 2 is 1.92 bits per heavy atom. The zero-order chi connectivity index (χ0) is 18.8. The van der Waals surface area contributed by atoms with Crippen LogP contribution >= 0.6 is 0 Å². The summed E-state index contributed by atoms with van der Waals surface area (Å²) in [6.45, 7) is 7.48. The summed E-state index contributed by atoms with van der Waals surface area (Å²) in [5.74, 6) is 0.413. The number of hydrogen-bond acceptors (Lipinski definition) is 7. The van der Waals surface area contributed by atoms with Crippen LogP contribution in [-0.4, -0.2) is 48.1 Å². The number of piperazine rings is 1. The van der Waals surface area contributed by atoms with E-state index in [0.717, 1.165) is 43.0 Å². The summed E-state index contributed by atoms with van der Waals surface area (Å²) < 4.78 is 0. The van der Waals surface area contributed by atoms with Crippen LogP contribution in [0.3, 0.4) is 0 Å². The van der Waals surface area contributed by atoms with E-state index in [0.29, 0.717) is 5.95 Å². The van der Waals surface area contributed by atoms with Gasteiger partial charge in [-0.3, -0.25) is 10.1 Å². The number of aromatic nitrogens is 2. The molecule has 1 fully saturated rings. The molecule has 0 atom stereocenters. The van der Waals surface area contributed by atoms with Crippen molar-refractivity contribution in [2.24, 2.45) is 0 Å². The number of nitro groups is 1. The third kappa shape index (κ3) is 3.67. The summed E-state index contributed by atoms with van der Waals surface area (Å²) >= 11 is 0. The van der Waals surface area contributed by atoms with Gasteiger partial charge in [0.2, 0.25) is 17.6 Å². The highest BCUT2D eigenvalue weighted by Crippen LogP contribution is 2.32. The van der Waals surface area contributed by atoms with E-state index in [4.69, 9.17) is 5.73 Å². The van der Waals surface area contributed by atoms with Gasteiger partial charge in [0.25, 0.3) is 0 Å². The fourth-order valence-electron chi connectivity index (χ4n) is 2.91. The second-order valence-corrected chi connectivity index (χ2v) is 6.73. The van der Waals surface area contributed by atoms with Crippen molar-refractivity contribution in [1.29, 1.82) is 0 Å². The highest BCUT2D eigenvalue weighted by atomic mass is 16.6. The number of hydrogen-bond donors (Lipinski definition) is 3. The Balaban J connectivity index is 1.97. The zero-order valence-corrected chi connectivity index (χ0v) is 15.2. The van der Waals surface area contributed by atoms with Crippen molar-refractivity contribution >= 4 is 29.0 Å². The number of likely N-dealkylation sites (N-methyl/N-ethyl adjacent to an activating group) is 1. The second kappa shape index (κ2) is 7.12. The van der Waals surface area contributed by atoms with Crippen LogP contribution in [0.15, 0.2) is 18.2 Å². The van der Waals surface area contributed by atoms with Gasteiger partial charge in [-0.1, -0.05) is 6.07 Å². The van der Waals surface area contributed by atoms with Crippen LogP contribution in [0.4, 0.5) is 29.0 Å². The molecule has 0 spiro atoms. The first-order valence-corrected chi connectivity index (χ1v) is 8.57. The van der Waals surface area contributed by atoms with Gasteiger partial charge in [-0.25, -0.2) is 0 Å². The summed E-state index contributed by atoms with van der Waals surface area (Å²) in [4.78, 5) is 23.0. The van der Waals surface area contributed by atoms with Crippen LogP contribution < -0.4 is 20.9 Å². The fraction of sp³-hybridized carbons (Fsp3) is 0.412. The standard InChI is InChI=1S/C17H23N7O2/c1-11-4-5-13(10-12(11)2)19-16-14(24(25)26)15(18)20-17(21-16)23-8-6-22(3)7-9-23/h4-5,10H,6-9H2,1-3H3,(H3,18,19,20,21)/p+1. The van der Waals surface area contributed by atoms with Crippen molar-refractivity contribution in [3.63, 3.8) is 0 Å². The minimum absolute atomic E-state index is 0.118. The van der Waals surface area contributed by atoms with Crippen molar-refractivity contribution in [1.82, 2.24) is 9.97 Å². The van der Waals surface area contributed by atoms with Gasteiger partial charge in [-0.05, 0) is 37.1 Å².